The fraction of sp³-hybridized carbons (Fsp3) is 0.269. The first kappa shape index (κ1) is 22.5. The van der Waals surface area contributed by atoms with Gasteiger partial charge in [0.2, 0.25) is 0 Å². The number of amides is 3. The highest BCUT2D eigenvalue weighted by Crippen LogP contribution is 2.31. The minimum atomic E-state index is -0.566. The first-order chi connectivity index (χ1) is 17.0. The number of aromatic nitrogens is 1. The minimum absolute atomic E-state index is 0.0244. The molecule has 0 aliphatic carbocycles. The molecule has 9 heteroatoms. The van der Waals surface area contributed by atoms with E-state index in [2.05, 4.69) is 0 Å². The van der Waals surface area contributed by atoms with Crippen LogP contribution in [0.15, 0.2) is 54.7 Å². The zero-order valence-corrected chi connectivity index (χ0v) is 19.4. The number of rotatable bonds is 6. The zero-order valence-electron chi connectivity index (χ0n) is 19.4. The van der Waals surface area contributed by atoms with Crippen molar-refractivity contribution in [2.24, 2.45) is 5.73 Å². The second kappa shape index (κ2) is 9.17. The molecule has 0 unspecified atom stereocenters. The van der Waals surface area contributed by atoms with Crippen LogP contribution in [0.5, 0.6) is 11.5 Å². The molecule has 0 atom stereocenters. The molecule has 0 spiro atoms. The Morgan fingerprint density at radius 3 is 2.23 bits per heavy atom. The van der Waals surface area contributed by atoms with Gasteiger partial charge in [0.25, 0.3) is 17.7 Å². The average Bonchev–Trinajstić information content (AvgIpc) is 3.27. The van der Waals surface area contributed by atoms with E-state index in [1.807, 2.05) is 12.1 Å². The lowest BCUT2D eigenvalue weighted by Crippen LogP contribution is -2.39. The number of methoxy groups -OCH3 is 1. The van der Waals surface area contributed by atoms with E-state index in [1.165, 1.54) is 5.06 Å². The maximum absolute atomic E-state index is 13.7. The number of primary amides is 1. The normalized spacial score (nSPS) is 15.7. The van der Waals surface area contributed by atoms with E-state index in [-0.39, 0.29) is 11.8 Å². The van der Waals surface area contributed by atoms with Crippen LogP contribution in [-0.4, -0.2) is 47.6 Å². The van der Waals surface area contributed by atoms with E-state index in [4.69, 9.17) is 15.3 Å². The van der Waals surface area contributed by atoms with Gasteiger partial charge in [0.1, 0.15) is 11.4 Å². The maximum Gasteiger partial charge on any atom is 0.275 e. The van der Waals surface area contributed by atoms with Crippen molar-refractivity contribution in [2.45, 2.75) is 25.7 Å². The van der Waals surface area contributed by atoms with Crippen LogP contribution in [0.2, 0.25) is 0 Å². The van der Waals surface area contributed by atoms with Crippen molar-refractivity contribution in [2.75, 3.05) is 25.1 Å². The monoisotopic (exact) mass is 474 g/mol. The molecular weight excluding hydrogens is 448 g/mol. The molecule has 180 valence electrons. The van der Waals surface area contributed by atoms with Gasteiger partial charge in [0, 0.05) is 30.5 Å². The minimum Gasteiger partial charge on any atom is -0.497 e. The third kappa shape index (κ3) is 4.21. The van der Waals surface area contributed by atoms with Crippen molar-refractivity contribution < 1.29 is 24.0 Å². The summed E-state index contributed by atoms with van der Waals surface area (Å²) in [6.07, 6.45) is 4.40. The molecule has 3 amide bonds. The number of nitrogens with two attached hydrogens (primary N) is 1. The first-order valence-electron chi connectivity index (χ1n) is 11.5. The van der Waals surface area contributed by atoms with E-state index in [0.717, 1.165) is 18.5 Å². The topological polar surface area (TPSA) is 107 Å². The van der Waals surface area contributed by atoms with Gasteiger partial charge in [-0.15, -0.1) is 0 Å². The van der Waals surface area contributed by atoms with Gasteiger partial charge >= 0.3 is 0 Å². The number of hydrogen-bond donors (Lipinski definition) is 1. The molecule has 2 aromatic carbocycles. The molecule has 3 heterocycles. The van der Waals surface area contributed by atoms with E-state index < -0.39 is 5.91 Å². The summed E-state index contributed by atoms with van der Waals surface area (Å²) in [5, 5.41) is 1.39. The van der Waals surface area contributed by atoms with Crippen LogP contribution in [0, 0.1) is 0 Å². The van der Waals surface area contributed by atoms with E-state index in [0.29, 0.717) is 59.9 Å². The number of ether oxygens (including phenoxy) is 1. The van der Waals surface area contributed by atoms with Crippen LogP contribution < -0.4 is 20.2 Å². The Hall–Kier alpha value is -4.27. The molecule has 1 fully saturated rings. The lowest BCUT2D eigenvalue weighted by molar-refractivity contribution is -0.161. The Labute approximate surface area is 202 Å². The summed E-state index contributed by atoms with van der Waals surface area (Å²) in [5.41, 5.74) is 8.46. The Balaban J connectivity index is 1.43. The summed E-state index contributed by atoms with van der Waals surface area (Å²) in [5.74, 6) is 0.403. The summed E-state index contributed by atoms with van der Waals surface area (Å²) < 4.78 is 6.94. The predicted molar refractivity (Wildman–Crippen MR) is 129 cm³/mol. The second-order valence-electron chi connectivity index (χ2n) is 8.55. The molecular formula is C26H26N4O5. The molecule has 0 bridgehead atoms. The van der Waals surface area contributed by atoms with E-state index in [9.17, 15) is 14.4 Å². The fourth-order valence-corrected chi connectivity index (χ4v) is 4.58. The van der Waals surface area contributed by atoms with Crippen LogP contribution in [0.4, 0.5) is 5.69 Å². The number of carbonyl (C=O) groups excluding carboxylic acids is 3. The molecule has 1 saturated heterocycles. The molecule has 3 aromatic rings. The highest BCUT2D eigenvalue weighted by molar-refractivity contribution is 6.10. The third-order valence-corrected chi connectivity index (χ3v) is 6.40. The van der Waals surface area contributed by atoms with Crippen molar-refractivity contribution in [1.82, 2.24) is 9.63 Å². The van der Waals surface area contributed by atoms with Crippen molar-refractivity contribution in [1.29, 1.82) is 0 Å². The predicted octanol–water partition coefficient (Wildman–Crippen LogP) is 3.09. The number of fused-ring (bicyclic) bond motifs is 1. The lowest BCUT2D eigenvalue weighted by Gasteiger charge is -2.29. The van der Waals surface area contributed by atoms with Crippen molar-refractivity contribution in [3.8, 4) is 17.2 Å². The van der Waals surface area contributed by atoms with Gasteiger partial charge < -0.3 is 24.8 Å². The van der Waals surface area contributed by atoms with Crippen molar-refractivity contribution in [3.63, 3.8) is 0 Å². The zero-order chi connectivity index (χ0) is 24.5. The molecule has 9 nitrogen and oxygen atoms in total. The quantitative estimate of drug-likeness (QED) is 0.591. The van der Waals surface area contributed by atoms with Crippen LogP contribution in [-0.2, 0) is 11.2 Å². The largest absolute Gasteiger partial charge is 0.497 e. The Morgan fingerprint density at radius 2 is 1.57 bits per heavy atom. The van der Waals surface area contributed by atoms with Crippen LogP contribution in [0.25, 0.3) is 5.69 Å². The summed E-state index contributed by atoms with van der Waals surface area (Å²) in [4.78, 5) is 45.2. The van der Waals surface area contributed by atoms with Gasteiger partial charge in [0.05, 0.1) is 19.2 Å². The smallest absolute Gasteiger partial charge is 0.275 e. The molecule has 2 N–H and O–H groups in total. The van der Waals surface area contributed by atoms with Gasteiger partial charge in [0.15, 0.2) is 5.75 Å². The maximum atomic E-state index is 13.7. The van der Waals surface area contributed by atoms with E-state index >= 15 is 0 Å². The standard InChI is InChI=1S/C26H26N4O5/c1-34-19-9-5-18(6-10-19)29-16-22(25(27)32)21-13-15-28(26(33)24(21)29)17-7-11-20(12-8-17)35-30-14-3-2-4-23(30)31/h5-12,16H,2-4,13-15H2,1H3,(H2,27,32). The summed E-state index contributed by atoms with van der Waals surface area (Å²) in [7, 11) is 1.58. The molecule has 2 aliphatic rings. The van der Waals surface area contributed by atoms with Crippen LogP contribution in [0.1, 0.15) is 45.7 Å². The summed E-state index contributed by atoms with van der Waals surface area (Å²) in [6, 6.07) is 14.3. The molecule has 0 radical (unpaired) electrons. The van der Waals surface area contributed by atoms with Crippen LogP contribution >= 0.6 is 0 Å². The highest BCUT2D eigenvalue weighted by Gasteiger charge is 2.33. The number of carbonyl (C=O) groups is 3. The highest BCUT2D eigenvalue weighted by atomic mass is 16.7. The number of hydroxylamine groups is 2. The number of benzene rings is 2. The second-order valence-corrected chi connectivity index (χ2v) is 8.55. The Morgan fingerprint density at radius 1 is 0.886 bits per heavy atom. The Kier molecular flexibility index (Phi) is 5.90. The van der Waals surface area contributed by atoms with Crippen LogP contribution in [0.3, 0.4) is 0 Å². The fourth-order valence-electron chi connectivity index (χ4n) is 4.58. The van der Waals surface area contributed by atoms with Gasteiger partial charge in [-0.3, -0.25) is 14.4 Å². The Bertz CT molecular complexity index is 1280. The van der Waals surface area contributed by atoms with Gasteiger partial charge in [-0.2, -0.15) is 5.06 Å². The van der Waals surface area contributed by atoms with E-state index in [1.54, 1.807) is 59.2 Å². The summed E-state index contributed by atoms with van der Waals surface area (Å²) in [6.45, 7) is 0.974. The van der Waals surface area contributed by atoms with Gasteiger partial charge in [-0.1, -0.05) is 0 Å². The van der Waals surface area contributed by atoms with Crippen molar-refractivity contribution in [3.05, 3.63) is 71.5 Å². The number of nitrogens with zero attached hydrogens (tertiary/aromatic N) is 3. The summed E-state index contributed by atoms with van der Waals surface area (Å²) >= 11 is 0. The number of anilines is 1. The number of piperidine rings is 1. The molecule has 5 rings (SSSR count). The van der Waals surface area contributed by atoms with Crippen molar-refractivity contribution >= 4 is 23.4 Å². The number of hydrogen-bond acceptors (Lipinski definition) is 5. The van der Waals surface area contributed by atoms with Gasteiger partial charge in [-0.05, 0) is 73.4 Å². The average molecular weight is 475 g/mol. The molecule has 2 aliphatic heterocycles. The first-order valence-corrected chi connectivity index (χ1v) is 11.5. The lowest BCUT2D eigenvalue weighted by atomic mass is 10.0. The third-order valence-electron chi connectivity index (χ3n) is 6.40. The van der Waals surface area contributed by atoms with Gasteiger partial charge in [-0.25, -0.2) is 0 Å². The molecule has 0 saturated carbocycles. The molecule has 1 aromatic heterocycles. The molecule has 35 heavy (non-hydrogen) atoms. The SMILES string of the molecule is COc1ccc(-n2cc(C(N)=O)c3c2C(=O)N(c2ccc(ON4CCCCC4=O)cc2)CC3)cc1.